The molecule has 0 atom stereocenters. The van der Waals surface area contributed by atoms with Crippen LogP contribution >= 0.6 is 0 Å². The van der Waals surface area contributed by atoms with E-state index in [1.807, 2.05) is 18.2 Å². The van der Waals surface area contributed by atoms with Crippen molar-refractivity contribution in [2.24, 2.45) is 0 Å². The van der Waals surface area contributed by atoms with Crippen molar-refractivity contribution in [2.75, 3.05) is 0 Å². The van der Waals surface area contributed by atoms with E-state index in [2.05, 4.69) is 31.4 Å². The van der Waals surface area contributed by atoms with Crippen molar-refractivity contribution in [3.05, 3.63) is 60.7 Å². The second kappa shape index (κ2) is 4.55. The summed E-state index contributed by atoms with van der Waals surface area (Å²) in [6, 6.07) is 9.41. The summed E-state index contributed by atoms with van der Waals surface area (Å²) in [5.74, 6) is 0. The molecule has 0 fully saturated rings. The van der Waals surface area contributed by atoms with Crippen molar-refractivity contribution in [1.29, 1.82) is 0 Å². The zero-order valence-electron chi connectivity index (χ0n) is 7.22. The van der Waals surface area contributed by atoms with E-state index >= 15 is 0 Å². The lowest BCUT2D eigenvalue weighted by Crippen LogP contribution is -1.84. The molecule has 1 aromatic carbocycles. The summed E-state index contributed by atoms with van der Waals surface area (Å²) < 4.78 is 0. The van der Waals surface area contributed by atoms with E-state index in [1.165, 1.54) is 11.1 Å². The number of rotatable bonds is 4. The minimum Gasteiger partial charge on any atom is -0.103 e. The molecule has 61 valence electrons. The monoisotopic (exact) mass is 157 g/mol. The second-order valence-electron chi connectivity index (χ2n) is 2.71. The molecule has 1 radical (unpaired) electrons. The van der Waals surface area contributed by atoms with Crippen LogP contribution in [0.1, 0.15) is 11.1 Å². The Kier molecular flexibility index (Phi) is 3.34. The molecular weight excluding hydrogens is 144 g/mol. The second-order valence-corrected chi connectivity index (χ2v) is 2.71. The smallest absolute Gasteiger partial charge is 0.00940 e. The number of benzene rings is 1. The molecule has 0 unspecified atom stereocenters. The van der Waals surface area contributed by atoms with Gasteiger partial charge in [0.25, 0.3) is 0 Å². The number of hydrogen-bond acceptors (Lipinski definition) is 0. The molecule has 0 aromatic heterocycles. The van der Waals surface area contributed by atoms with Crippen LogP contribution in [0.3, 0.4) is 0 Å². The van der Waals surface area contributed by atoms with Gasteiger partial charge in [-0.2, -0.15) is 0 Å². The first-order valence-corrected chi connectivity index (χ1v) is 4.08. The molecule has 12 heavy (non-hydrogen) atoms. The van der Waals surface area contributed by atoms with Gasteiger partial charge in [0.05, 0.1) is 0 Å². The highest BCUT2D eigenvalue weighted by Crippen LogP contribution is 2.05. The zero-order chi connectivity index (χ0) is 8.81. The van der Waals surface area contributed by atoms with Crippen molar-refractivity contribution >= 4 is 0 Å². The third-order valence-corrected chi connectivity index (χ3v) is 1.69. The zero-order valence-corrected chi connectivity index (χ0v) is 7.22. The Labute approximate surface area is 74.2 Å². The van der Waals surface area contributed by atoms with E-state index in [0.717, 1.165) is 12.8 Å². The standard InChI is InChI=1S/C12H13/c1-3-5-11-7-9-12(6-4-2)10-8-11/h3-4,7-9H,1-2,5-6H2. The van der Waals surface area contributed by atoms with Gasteiger partial charge in [-0.05, 0) is 30.0 Å². The summed E-state index contributed by atoms with van der Waals surface area (Å²) in [6.07, 6.45) is 5.61. The fraction of sp³-hybridized carbons (Fsp3) is 0.167. The van der Waals surface area contributed by atoms with Crippen LogP contribution in [0.4, 0.5) is 0 Å². The third-order valence-electron chi connectivity index (χ3n) is 1.69. The normalized spacial score (nSPS) is 9.33. The van der Waals surface area contributed by atoms with E-state index in [0.29, 0.717) is 0 Å². The molecule has 0 aliphatic rings. The molecule has 1 aromatic rings. The van der Waals surface area contributed by atoms with Gasteiger partial charge in [0.1, 0.15) is 0 Å². The third kappa shape index (κ3) is 2.39. The van der Waals surface area contributed by atoms with Crippen LogP contribution in [0, 0.1) is 6.07 Å². The SMILES string of the molecule is C=CCc1[c]cc(CC=C)cc1. The predicted octanol–water partition coefficient (Wildman–Crippen LogP) is 2.94. The lowest BCUT2D eigenvalue weighted by Gasteiger charge is -1.98. The molecule has 0 aliphatic carbocycles. The largest absolute Gasteiger partial charge is 0.103 e. The Balaban J connectivity index is 2.70. The summed E-state index contributed by atoms with van der Waals surface area (Å²) in [7, 11) is 0. The van der Waals surface area contributed by atoms with Gasteiger partial charge >= 0.3 is 0 Å². The van der Waals surface area contributed by atoms with Crippen LogP contribution in [0.2, 0.25) is 0 Å². The molecule has 0 amide bonds. The molecule has 0 bridgehead atoms. The van der Waals surface area contributed by atoms with E-state index in [9.17, 15) is 0 Å². The highest BCUT2D eigenvalue weighted by atomic mass is 14.0. The first-order valence-electron chi connectivity index (χ1n) is 4.08. The van der Waals surface area contributed by atoms with Gasteiger partial charge in [-0.15, -0.1) is 13.2 Å². The van der Waals surface area contributed by atoms with Crippen molar-refractivity contribution in [3.63, 3.8) is 0 Å². The van der Waals surface area contributed by atoms with Crippen LogP contribution in [0.15, 0.2) is 43.5 Å². The van der Waals surface area contributed by atoms with Crippen molar-refractivity contribution < 1.29 is 0 Å². The Morgan fingerprint density at radius 1 is 1.17 bits per heavy atom. The average molecular weight is 157 g/mol. The first kappa shape index (κ1) is 8.79. The lowest BCUT2D eigenvalue weighted by atomic mass is 10.1. The van der Waals surface area contributed by atoms with Gasteiger partial charge in [0, 0.05) is 0 Å². The number of allylic oxidation sites excluding steroid dienone is 2. The minimum absolute atomic E-state index is 0.897. The Morgan fingerprint density at radius 2 is 1.92 bits per heavy atom. The van der Waals surface area contributed by atoms with E-state index in [1.54, 1.807) is 0 Å². The summed E-state index contributed by atoms with van der Waals surface area (Å²) >= 11 is 0. The molecule has 0 heterocycles. The van der Waals surface area contributed by atoms with Gasteiger partial charge in [0.15, 0.2) is 0 Å². The van der Waals surface area contributed by atoms with E-state index in [4.69, 9.17) is 0 Å². The highest BCUT2D eigenvalue weighted by molar-refractivity contribution is 5.23. The minimum atomic E-state index is 0.897. The van der Waals surface area contributed by atoms with Gasteiger partial charge < -0.3 is 0 Å². The molecule has 0 heteroatoms. The Hall–Kier alpha value is -1.30. The predicted molar refractivity (Wildman–Crippen MR) is 53.1 cm³/mol. The summed E-state index contributed by atoms with van der Waals surface area (Å²) in [6.45, 7) is 7.36. The highest BCUT2D eigenvalue weighted by Gasteiger charge is 1.90. The Morgan fingerprint density at radius 3 is 2.42 bits per heavy atom. The van der Waals surface area contributed by atoms with Gasteiger partial charge in [-0.3, -0.25) is 0 Å². The fourth-order valence-corrected chi connectivity index (χ4v) is 1.07. The molecule has 0 N–H and O–H groups in total. The Bertz CT molecular complexity index is 225. The maximum atomic E-state index is 3.68. The topological polar surface area (TPSA) is 0 Å². The molecule has 0 saturated heterocycles. The molecule has 0 spiro atoms. The van der Waals surface area contributed by atoms with Crippen molar-refractivity contribution in [2.45, 2.75) is 12.8 Å². The molecule has 0 nitrogen and oxygen atoms in total. The molecule has 0 aliphatic heterocycles. The fourth-order valence-electron chi connectivity index (χ4n) is 1.07. The molecule has 0 saturated carbocycles. The van der Waals surface area contributed by atoms with Crippen molar-refractivity contribution in [3.8, 4) is 0 Å². The van der Waals surface area contributed by atoms with Gasteiger partial charge in [-0.25, -0.2) is 0 Å². The van der Waals surface area contributed by atoms with Gasteiger partial charge in [0.2, 0.25) is 0 Å². The van der Waals surface area contributed by atoms with E-state index in [-0.39, 0.29) is 0 Å². The molecule has 1 rings (SSSR count). The van der Waals surface area contributed by atoms with Crippen LogP contribution in [-0.2, 0) is 12.8 Å². The van der Waals surface area contributed by atoms with Crippen LogP contribution in [0.25, 0.3) is 0 Å². The maximum Gasteiger partial charge on any atom is -0.00940 e. The molecular formula is C12H13. The maximum absolute atomic E-state index is 3.68. The van der Waals surface area contributed by atoms with Crippen LogP contribution in [0.5, 0.6) is 0 Å². The van der Waals surface area contributed by atoms with Crippen molar-refractivity contribution in [1.82, 2.24) is 0 Å². The van der Waals surface area contributed by atoms with Gasteiger partial charge in [-0.1, -0.05) is 30.4 Å². The first-order chi connectivity index (χ1) is 5.86. The lowest BCUT2D eigenvalue weighted by molar-refractivity contribution is 1.22. The van der Waals surface area contributed by atoms with Crippen LogP contribution in [-0.4, -0.2) is 0 Å². The number of hydrogen-bond donors (Lipinski definition) is 0. The summed E-state index contributed by atoms with van der Waals surface area (Å²) in [4.78, 5) is 0. The summed E-state index contributed by atoms with van der Waals surface area (Å²) in [5.41, 5.74) is 2.45. The van der Waals surface area contributed by atoms with Crippen LogP contribution < -0.4 is 0 Å². The quantitative estimate of drug-likeness (QED) is 0.589. The van der Waals surface area contributed by atoms with E-state index < -0.39 is 0 Å². The average Bonchev–Trinajstić information content (AvgIpc) is 2.09. The summed E-state index contributed by atoms with van der Waals surface area (Å²) in [5, 5.41) is 0.